The van der Waals surface area contributed by atoms with Gasteiger partial charge in [-0.05, 0) is 30.5 Å². The molecule has 0 aromatic heterocycles. The van der Waals surface area contributed by atoms with Crippen LogP contribution in [0, 0.1) is 6.92 Å². The SMILES string of the molecule is CN=Cc1c(C)ccc(C(C)(c2ccccc2)c2ccccc2)c1O.[Cl][Zr][Cl]. The molecule has 0 amide bonds. The van der Waals surface area contributed by atoms with Crippen LogP contribution < -0.4 is 0 Å². The van der Waals surface area contributed by atoms with Crippen LogP contribution >= 0.6 is 17.0 Å². The van der Waals surface area contributed by atoms with Crippen LogP contribution in [-0.2, 0) is 26.3 Å². The van der Waals surface area contributed by atoms with Crippen LogP contribution in [0.25, 0.3) is 0 Å². The molecule has 0 spiro atoms. The van der Waals surface area contributed by atoms with Crippen molar-refractivity contribution in [1.29, 1.82) is 0 Å². The second-order valence-corrected chi connectivity index (χ2v) is 10.2. The normalized spacial score (nSPS) is 11.0. The number of aliphatic imine (C=N–C) groups is 1. The van der Waals surface area contributed by atoms with Crippen LogP contribution in [0.3, 0.4) is 0 Å². The molecule has 2 nitrogen and oxygen atoms in total. The fourth-order valence-corrected chi connectivity index (χ4v) is 3.43. The zero-order valence-electron chi connectivity index (χ0n) is 16.2. The molecule has 0 aliphatic heterocycles. The van der Waals surface area contributed by atoms with Gasteiger partial charge in [-0.3, -0.25) is 4.99 Å². The van der Waals surface area contributed by atoms with E-state index in [1.54, 1.807) is 13.3 Å². The first-order valence-corrected chi connectivity index (χ1v) is 15.2. The monoisotopic (exact) mass is 489 g/mol. The topological polar surface area (TPSA) is 32.6 Å². The van der Waals surface area contributed by atoms with Crippen LogP contribution in [0.5, 0.6) is 5.75 Å². The predicted octanol–water partition coefficient (Wildman–Crippen LogP) is 6.48. The van der Waals surface area contributed by atoms with E-state index in [-0.39, 0.29) is 0 Å². The molecule has 28 heavy (non-hydrogen) atoms. The van der Waals surface area contributed by atoms with Crippen molar-refractivity contribution >= 4 is 23.2 Å². The fourth-order valence-electron chi connectivity index (χ4n) is 3.43. The van der Waals surface area contributed by atoms with Gasteiger partial charge in [0.05, 0.1) is 0 Å². The Labute approximate surface area is 185 Å². The first kappa shape index (κ1) is 22.9. The standard InChI is InChI=1S/C23H23NO.2ClH.Zr/c1-17-14-15-21(22(25)20(17)16-24-3)23(2,18-10-6-4-7-11-18)19-12-8-5-9-13-19;;;/h4-16,25H,1-3H3;2*1H;/q;;;+2/p-2. The van der Waals surface area contributed by atoms with Gasteiger partial charge in [0, 0.05) is 29.8 Å². The molecular formula is C23H23Cl2NOZr. The number of hydrogen-bond donors (Lipinski definition) is 1. The van der Waals surface area contributed by atoms with Crippen LogP contribution in [0.4, 0.5) is 0 Å². The van der Waals surface area contributed by atoms with Gasteiger partial charge >= 0.3 is 37.9 Å². The van der Waals surface area contributed by atoms with Crippen molar-refractivity contribution in [1.82, 2.24) is 0 Å². The molecule has 0 saturated heterocycles. The van der Waals surface area contributed by atoms with Crippen LogP contribution in [0.15, 0.2) is 77.8 Å². The maximum atomic E-state index is 11.1. The first-order chi connectivity index (χ1) is 13.5. The summed E-state index contributed by atoms with van der Waals surface area (Å²) in [7, 11) is 11.6. The molecule has 0 heterocycles. The molecule has 0 aliphatic carbocycles. The molecule has 0 unspecified atom stereocenters. The summed E-state index contributed by atoms with van der Waals surface area (Å²) in [5.41, 5.74) is 4.48. The third-order valence-corrected chi connectivity index (χ3v) is 4.93. The van der Waals surface area contributed by atoms with E-state index >= 15 is 0 Å². The molecule has 0 aliphatic rings. The van der Waals surface area contributed by atoms with E-state index in [1.165, 1.54) is 0 Å². The van der Waals surface area contributed by atoms with E-state index in [2.05, 4.69) is 42.2 Å². The van der Waals surface area contributed by atoms with E-state index < -0.39 is 26.3 Å². The van der Waals surface area contributed by atoms with Crippen LogP contribution in [0.2, 0.25) is 0 Å². The Morgan fingerprint density at radius 3 is 1.79 bits per heavy atom. The Morgan fingerprint density at radius 2 is 1.36 bits per heavy atom. The quantitative estimate of drug-likeness (QED) is 0.329. The Kier molecular flexibility index (Phi) is 8.95. The van der Waals surface area contributed by atoms with Crippen molar-refractivity contribution in [2.45, 2.75) is 19.3 Å². The number of nitrogens with zero attached hydrogens (tertiary/aromatic N) is 1. The third kappa shape index (κ3) is 4.95. The molecule has 0 radical (unpaired) electrons. The van der Waals surface area contributed by atoms with E-state index in [1.807, 2.05) is 49.4 Å². The number of aryl methyl sites for hydroxylation is 1. The fraction of sp³-hybridized carbons (Fsp3) is 0.174. The minimum absolute atomic E-state index is 0.292. The van der Waals surface area contributed by atoms with Crippen molar-refractivity contribution in [2.24, 2.45) is 4.99 Å². The van der Waals surface area contributed by atoms with E-state index in [9.17, 15) is 5.11 Å². The first-order valence-electron chi connectivity index (χ1n) is 8.83. The number of rotatable bonds is 4. The van der Waals surface area contributed by atoms with Gasteiger partial charge in [0.1, 0.15) is 5.75 Å². The Bertz CT molecular complexity index is 875. The summed E-state index contributed by atoms with van der Waals surface area (Å²) in [5.74, 6) is 0.292. The van der Waals surface area contributed by atoms with Crippen LogP contribution in [0.1, 0.15) is 34.7 Å². The zero-order valence-corrected chi connectivity index (χ0v) is 20.1. The molecular weight excluding hydrogens is 468 g/mol. The van der Waals surface area contributed by atoms with Gasteiger partial charge in [-0.1, -0.05) is 72.8 Å². The Morgan fingerprint density at radius 1 is 0.893 bits per heavy atom. The molecule has 144 valence electrons. The average molecular weight is 492 g/mol. The molecule has 0 saturated carbocycles. The number of halogens is 2. The summed E-state index contributed by atoms with van der Waals surface area (Å²) in [6.45, 7) is 4.15. The molecule has 0 atom stereocenters. The molecule has 0 fully saturated rings. The number of hydrogen-bond acceptors (Lipinski definition) is 2. The molecule has 0 bridgehead atoms. The third-order valence-electron chi connectivity index (χ3n) is 4.93. The summed E-state index contributed by atoms with van der Waals surface area (Å²) in [6, 6.07) is 24.7. The number of benzene rings is 3. The second kappa shape index (κ2) is 11.0. The summed E-state index contributed by atoms with van der Waals surface area (Å²) in [5, 5.41) is 11.1. The van der Waals surface area contributed by atoms with Crippen molar-refractivity contribution in [2.75, 3.05) is 7.05 Å². The summed E-state index contributed by atoms with van der Waals surface area (Å²) < 4.78 is 0. The molecule has 3 rings (SSSR count). The number of aromatic hydroxyl groups is 1. The van der Waals surface area contributed by atoms with Crippen LogP contribution in [-0.4, -0.2) is 18.4 Å². The summed E-state index contributed by atoms with van der Waals surface area (Å²) in [6.07, 6.45) is 1.73. The molecule has 3 aromatic rings. The zero-order chi connectivity index (χ0) is 20.6. The second-order valence-electron chi connectivity index (χ2n) is 6.51. The maximum absolute atomic E-state index is 11.1. The van der Waals surface area contributed by atoms with Gasteiger partial charge in [0.25, 0.3) is 0 Å². The van der Waals surface area contributed by atoms with Gasteiger partial charge < -0.3 is 5.11 Å². The number of phenols is 1. The van der Waals surface area contributed by atoms with Gasteiger partial charge in [-0.15, -0.1) is 0 Å². The molecule has 3 aromatic carbocycles. The molecule has 5 heteroatoms. The Balaban J connectivity index is 0.000000878. The van der Waals surface area contributed by atoms with Crippen molar-refractivity contribution in [3.8, 4) is 5.75 Å². The van der Waals surface area contributed by atoms with Crippen molar-refractivity contribution in [3.05, 3.63) is 101 Å². The van der Waals surface area contributed by atoms with E-state index in [4.69, 9.17) is 17.0 Å². The predicted molar refractivity (Wildman–Crippen MR) is 117 cm³/mol. The summed E-state index contributed by atoms with van der Waals surface area (Å²) >= 11 is -0.826. The van der Waals surface area contributed by atoms with Gasteiger partial charge in [-0.25, -0.2) is 0 Å². The average Bonchev–Trinajstić information content (AvgIpc) is 2.72. The van der Waals surface area contributed by atoms with E-state index in [0.29, 0.717) is 5.75 Å². The van der Waals surface area contributed by atoms with Crippen molar-refractivity contribution < 1.29 is 26.0 Å². The van der Waals surface area contributed by atoms with Crippen molar-refractivity contribution in [3.63, 3.8) is 0 Å². The van der Waals surface area contributed by atoms with Gasteiger partial charge in [0.2, 0.25) is 0 Å². The van der Waals surface area contributed by atoms with Gasteiger partial charge in [-0.2, -0.15) is 0 Å². The Hall–Kier alpha value is -1.41. The summed E-state index contributed by atoms with van der Waals surface area (Å²) in [4.78, 5) is 4.11. The molecule has 1 N–H and O–H groups in total. The minimum atomic E-state index is -0.826. The number of phenolic OH excluding ortho intramolecular Hbond substituents is 1. The van der Waals surface area contributed by atoms with Gasteiger partial charge in [0.15, 0.2) is 0 Å². The van der Waals surface area contributed by atoms with E-state index in [0.717, 1.165) is 27.8 Å².